The van der Waals surface area contributed by atoms with Gasteiger partial charge >= 0.3 is 5.97 Å². The predicted octanol–water partition coefficient (Wildman–Crippen LogP) is 4.00. The van der Waals surface area contributed by atoms with E-state index in [4.69, 9.17) is 5.11 Å². The number of fused-ring (bicyclic) bond motifs is 2. The third-order valence-electron chi connectivity index (χ3n) is 5.92. The maximum absolute atomic E-state index is 13.1. The van der Waals surface area contributed by atoms with Gasteiger partial charge in [-0.1, -0.05) is 48.5 Å². The Morgan fingerprint density at radius 3 is 2.67 bits per heavy atom. The summed E-state index contributed by atoms with van der Waals surface area (Å²) in [5.74, 6) is -0.802. The molecule has 0 aromatic heterocycles. The molecule has 0 fully saturated rings. The number of carboxylic acids is 1. The summed E-state index contributed by atoms with van der Waals surface area (Å²) >= 11 is 0. The van der Waals surface area contributed by atoms with Crippen molar-refractivity contribution in [3.63, 3.8) is 0 Å². The molecule has 6 heteroatoms. The molecule has 0 heterocycles. The number of benzene rings is 3. The number of carboxylic acid groups (broad SMARTS) is 1. The number of sulfonamides is 1. The lowest BCUT2D eigenvalue weighted by Gasteiger charge is -2.28. The molecular weight excluding hydrogens is 398 g/mol. The molecule has 2 N–H and O–H groups in total. The fourth-order valence-corrected chi connectivity index (χ4v) is 5.94. The second-order valence-corrected chi connectivity index (χ2v) is 9.61. The van der Waals surface area contributed by atoms with Gasteiger partial charge in [-0.25, -0.2) is 13.1 Å². The van der Waals surface area contributed by atoms with Crippen molar-refractivity contribution < 1.29 is 18.3 Å². The van der Waals surface area contributed by atoms with E-state index >= 15 is 0 Å². The third kappa shape index (κ3) is 4.11. The number of aryl methyl sites for hydroxylation is 1. The van der Waals surface area contributed by atoms with Gasteiger partial charge in [0, 0.05) is 17.8 Å². The molecule has 1 unspecified atom stereocenters. The molecular formula is C24H25NO4S. The second kappa shape index (κ2) is 8.20. The summed E-state index contributed by atoms with van der Waals surface area (Å²) in [4.78, 5) is 11.3. The number of rotatable bonds is 6. The summed E-state index contributed by atoms with van der Waals surface area (Å²) in [6.45, 7) is 2.01. The lowest BCUT2D eigenvalue weighted by Crippen LogP contribution is -2.39. The molecule has 0 saturated heterocycles. The Hall–Kier alpha value is -2.70. The number of nitrogens with one attached hydrogen (secondary N) is 1. The van der Waals surface area contributed by atoms with E-state index in [0.29, 0.717) is 24.2 Å². The molecule has 156 valence electrons. The molecule has 3 aromatic rings. The molecule has 0 saturated carbocycles. The quantitative estimate of drug-likeness (QED) is 0.628. The van der Waals surface area contributed by atoms with Gasteiger partial charge in [0.25, 0.3) is 0 Å². The van der Waals surface area contributed by atoms with Crippen LogP contribution in [-0.2, 0) is 34.1 Å². The smallest absolute Gasteiger partial charge is 0.303 e. The highest BCUT2D eigenvalue weighted by molar-refractivity contribution is 7.89. The topological polar surface area (TPSA) is 83.5 Å². The largest absolute Gasteiger partial charge is 0.481 e. The van der Waals surface area contributed by atoms with Crippen LogP contribution in [0.25, 0.3) is 10.8 Å². The maximum atomic E-state index is 13.1. The van der Waals surface area contributed by atoms with Crippen molar-refractivity contribution in [1.29, 1.82) is 0 Å². The Kier molecular flexibility index (Phi) is 5.62. The normalized spacial score (nSPS) is 16.4. The van der Waals surface area contributed by atoms with Gasteiger partial charge in [0.05, 0.1) is 4.90 Å². The number of aliphatic carboxylic acids is 1. The summed E-state index contributed by atoms with van der Waals surface area (Å²) in [5, 5.41) is 10.7. The van der Waals surface area contributed by atoms with Crippen LogP contribution in [0.5, 0.6) is 0 Å². The van der Waals surface area contributed by atoms with Gasteiger partial charge in [-0.3, -0.25) is 4.79 Å². The van der Waals surface area contributed by atoms with E-state index < -0.39 is 16.0 Å². The minimum absolute atomic E-state index is 0.106. The number of hydrogen-bond acceptors (Lipinski definition) is 3. The summed E-state index contributed by atoms with van der Waals surface area (Å²) in [6, 6.07) is 16.7. The number of hydrogen-bond donors (Lipinski definition) is 2. The van der Waals surface area contributed by atoms with E-state index in [1.807, 2.05) is 49.4 Å². The minimum atomic E-state index is -3.66. The van der Waals surface area contributed by atoms with E-state index in [0.717, 1.165) is 33.9 Å². The summed E-state index contributed by atoms with van der Waals surface area (Å²) in [7, 11) is -3.66. The molecule has 5 nitrogen and oxygen atoms in total. The second-order valence-electron chi connectivity index (χ2n) is 7.93. The van der Waals surface area contributed by atoms with E-state index in [9.17, 15) is 13.2 Å². The van der Waals surface area contributed by atoms with Crippen LogP contribution >= 0.6 is 0 Å². The fraction of sp³-hybridized carbons (Fsp3) is 0.292. The molecule has 0 bridgehead atoms. The highest BCUT2D eigenvalue weighted by Crippen LogP contribution is 2.30. The highest BCUT2D eigenvalue weighted by Gasteiger charge is 2.27. The zero-order valence-corrected chi connectivity index (χ0v) is 17.7. The van der Waals surface area contributed by atoms with Crippen LogP contribution in [0, 0.1) is 6.92 Å². The Bertz CT molecular complexity index is 1210. The molecule has 0 aliphatic heterocycles. The molecule has 0 amide bonds. The maximum Gasteiger partial charge on any atom is 0.303 e. The molecule has 0 spiro atoms. The van der Waals surface area contributed by atoms with Crippen molar-refractivity contribution >= 4 is 26.8 Å². The van der Waals surface area contributed by atoms with Gasteiger partial charge < -0.3 is 5.11 Å². The van der Waals surface area contributed by atoms with Crippen LogP contribution in [0.15, 0.2) is 59.5 Å². The van der Waals surface area contributed by atoms with Crippen LogP contribution in [0.4, 0.5) is 0 Å². The molecule has 0 radical (unpaired) electrons. The van der Waals surface area contributed by atoms with E-state index in [2.05, 4.69) is 4.72 Å². The van der Waals surface area contributed by atoms with Crippen LogP contribution in [0.3, 0.4) is 0 Å². The SMILES string of the molecule is Cc1ccc2c(c1CCC(=O)O)CCC(NS(=O)(=O)c1cccc3ccccc13)C2. The van der Waals surface area contributed by atoms with Gasteiger partial charge in [0.15, 0.2) is 0 Å². The van der Waals surface area contributed by atoms with Crippen molar-refractivity contribution in [1.82, 2.24) is 4.72 Å². The zero-order valence-electron chi connectivity index (χ0n) is 16.9. The molecule has 1 atom stereocenters. The monoisotopic (exact) mass is 423 g/mol. The minimum Gasteiger partial charge on any atom is -0.481 e. The summed E-state index contributed by atoms with van der Waals surface area (Å²) in [5.41, 5.74) is 4.50. The Morgan fingerprint density at radius 1 is 1.10 bits per heavy atom. The van der Waals surface area contributed by atoms with Crippen molar-refractivity contribution in [2.45, 2.75) is 50.0 Å². The molecule has 30 heavy (non-hydrogen) atoms. The number of carbonyl (C=O) groups is 1. The van der Waals surface area contributed by atoms with Gasteiger partial charge in [-0.15, -0.1) is 0 Å². The molecule has 1 aliphatic carbocycles. The van der Waals surface area contributed by atoms with Crippen molar-refractivity contribution in [3.05, 3.63) is 76.9 Å². The summed E-state index contributed by atoms with van der Waals surface area (Å²) < 4.78 is 29.2. The fourth-order valence-electron chi connectivity index (χ4n) is 4.44. The average molecular weight is 424 g/mol. The average Bonchev–Trinajstić information content (AvgIpc) is 2.72. The molecule has 3 aromatic carbocycles. The van der Waals surface area contributed by atoms with Crippen molar-refractivity contribution in [3.8, 4) is 0 Å². The van der Waals surface area contributed by atoms with Gasteiger partial charge in [-0.05, 0) is 66.3 Å². The Labute approximate surface area is 176 Å². The Morgan fingerprint density at radius 2 is 1.87 bits per heavy atom. The predicted molar refractivity (Wildman–Crippen MR) is 117 cm³/mol. The summed E-state index contributed by atoms with van der Waals surface area (Å²) in [6.07, 6.45) is 2.67. The van der Waals surface area contributed by atoms with Crippen molar-refractivity contribution in [2.24, 2.45) is 0 Å². The standard InChI is InChI=1S/C24H25NO4S/c1-16-9-10-18-15-19(11-12-21(18)20(16)13-14-24(26)27)25-30(28,29)23-8-4-6-17-5-2-3-7-22(17)23/h2-10,19,25H,11-15H2,1H3,(H,26,27). The highest BCUT2D eigenvalue weighted by atomic mass is 32.2. The van der Waals surface area contributed by atoms with Gasteiger partial charge in [-0.2, -0.15) is 0 Å². The first kappa shape index (κ1) is 20.6. The van der Waals surface area contributed by atoms with E-state index in [1.54, 1.807) is 12.1 Å². The first-order valence-electron chi connectivity index (χ1n) is 10.2. The van der Waals surface area contributed by atoms with Crippen LogP contribution in [0.2, 0.25) is 0 Å². The first-order chi connectivity index (χ1) is 14.3. The van der Waals surface area contributed by atoms with Gasteiger partial charge in [0.1, 0.15) is 0 Å². The third-order valence-corrected chi connectivity index (χ3v) is 7.50. The first-order valence-corrected chi connectivity index (χ1v) is 11.7. The van der Waals surface area contributed by atoms with Gasteiger partial charge in [0.2, 0.25) is 10.0 Å². The van der Waals surface area contributed by atoms with Crippen LogP contribution in [-0.4, -0.2) is 25.5 Å². The van der Waals surface area contributed by atoms with Crippen LogP contribution < -0.4 is 4.72 Å². The molecule has 4 rings (SSSR count). The van der Waals surface area contributed by atoms with Crippen molar-refractivity contribution in [2.75, 3.05) is 0 Å². The molecule has 1 aliphatic rings. The lowest BCUT2D eigenvalue weighted by molar-refractivity contribution is -0.136. The Balaban J connectivity index is 1.58. The van der Waals surface area contributed by atoms with Crippen LogP contribution in [0.1, 0.15) is 35.1 Å². The van der Waals surface area contributed by atoms with E-state index in [-0.39, 0.29) is 12.5 Å². The zero-order chi connectivity index (χ0) is 21.3. The van der Waals surface area contributed by atoms with E-state index in [1.165, 1.54) is 5.56 Å². The lowest BCUT2D eigenvalue weighted by atomic mass is 9.83.